The molecule has 1 fully saturated rings. The van der Waals surface area contributed by atoms with E-state index in [0.717, 1.165) is 12.8 Å². The Kier molecular flexibility index (Phi) is 2.55. The molecule has 0 N–H and O–H groups in total. The van der Waals surface area contributed by atoms with Crippen LogP contribution >= 0.6 is 0 Å². The van der Waals surface area contributed by atoms with Crippen molar-refractivity contribution in [3.63, 3.8) is 0 Å². The van der Waals surface area contributed by atoms with E-state index in [-0.39, 0.29) is 10.5 Å². The molecule has 0 saturated carbocycles. The van der Waals surface area contributed by atoms with Gasteiger partial charge in [0.2, 0.25) is 0 Å². The normalized spacial score (nSPS) is 27.5. The van der Waals surface area contributed by atoms with Crippen LogP contribution in [0.4, 0.5) is 0 Å². The summed E-state index contributed by atoms with van der Waals surface area (Å²) in [5, 5.41) is 2.02. The van der Waals surface area contributed by atoms with E-state index in [1.807, 2.05) is 18.2 Å². The Morgan fingerprint density at radius 2 is 1.75 bits per heavy atom. The summed E-state index contributed by atoms with van der Waals surface area (Å²) in [5.41, 5.74) is 2.42. The largest absolute Gasteiger partial charge is 0.228 e. The fourth-order valence-corrected chi connectivity index (χ4v) is 5.75. The second-order valence-electron chi connectivity index (χ2n) is 5.75. The molecule has 2 unspecified atom stereocenters. The van der Waals surface area contributed by atoms with Crippen LogP contribution in [0.2, 0.25) is 0 Å². The van der Waals surface area contributed by atoms with Gasteiger partial charge in [-0.15, -0.1) is 0 Å². The smallest absolute Gasteiger partial charge is 0.159 e. The highest BCUT2D eigenvalue weighted by atomic mass is 32.2. The summed E-state index contributed by atoms with van der Waals surface area (Å²) in [6.07, 6.45) is 4.28. The second kappa shape index (κ2) is 4.19. The first-order chi connectivity index (χ1) is 9.66. The SMILES string of the molecule is O=S1(=O)C2C=C(c3cccc4ccccc34)CC1CC2. The summed E-state index contributed by atoms with van der Waals surface area (Å²) in [4.78, 5) is 0. The summed E-state index contributed by atoms with van der Waals surface area (Å²) in [5.74, 6) is 0. The molecule has 2 aromatic rings. The molecular weight excluding hydrogens is 268 g/mol. The lowest BCUT2D eigenvalue weighted by Gasteiger charge is -2.21. The van der Waals surface area contributed by atoms with Crippen molar-refractivity contribution in [2.24, 2.45) is 0 Å². The number of fused-ring (bicyclic) bond motifs is 3. The summed E-state index contributed by atoms with van der Waals surface area (Å²) >= 11 is 0. The molecule has 2 aliphatic rings. The fourth-order valence-electron chi connectivity index (χ4n) is 3.57. The lowest BCUT2D eigenvalue weighted by Crippen LogP contribution is -2.26. The van der Waals surface area contributed by atoms with E-state index in [2.05, 4.69) is 30.3 Å². The van der Waals surface area contributed by atoms with Gasteiger partial charge in [0.25, 0.3) is 0 Å². The van der Waals surface area contributed by atoms with Crippen LogP contribution in [0.15, 0.2) is 48.5 Å². The molecule has 102 valence electrons. The average molecular weight is 284 g/mol. The molecule has 2 nitrogen and oxygen atoms in total. The molecule has 1 saturated heterocycles. The monoisotopic (exact) mass is 284 g/mol. The van der Waals surface area contributed by atoms with E-state index in [1.165, 1.54) is 21.9 Å². The molecule has 20 heavy (non-hydrogen) atoms. The van der Waals surface area contributed by atoms with E-state index in [0.29, 0.717) is 6.42 Å². The highest BCUT2D eigenvalue weighted by molar-refractivity contribution is 7.93. The number of sulfone groups is 1. The first kappa shape index (κ1) is 12.2. The zero-order valence-electron chi connectivity index (χ0n) is 11.1. The van der Waals surface area contributed by atoms with Crippen LogP contribution in [-0.4, -0.2) is 18.9 Å². The van der Waals surface area contributed by atoms with Crippen molar-refractivity contribution in [1.82, 2.24) is 0 Å². The summed E-state index contributed by atoms with van der Waals surface area (Å²) < 4.78 is 24.3. The van der Waals surface area contributed by atoms with Crippen molar-refractivity contribution in [3.05, 3.63) is 54.1 Å². The van der Waals surface area contributed by atoms with Gasteiger partial charge in [0.05, 0.1) is 10.5 Å². The molecule has 2 bridgehead atoms. The van der Waals surface area contributed by atoms with Gasteiger partial charge in [-0.2, -0.15) is 0 Å². The maximum absolute atomic E-state index is 12.2. The van der Waals surface area contributed by atoms with Crippen molar-refractivity contribution in [2.45, 2.75) is 29.8 Å². The van der Waals surface area contributed by atoms with Gasteiger partial charge in [0.15, 0.2) is 9.84 Å². The van der Waals surface area contributed by atoms with Crippen molar-refractivity contribution in [2.75, 3.05) is 0 Å². The third-order valence-corrected chi connectivity index (χ3v) is 7.18. The molecule has 0 radical (unpaired) electrons. The maximum atomic E-state index is 12.2. The van der Waals surface area contributed by atoms with Gasteiger partial charge in [-0.05, 0) is 41.2 Å². The van der Waals surface area contributed by atoms with Gasteiger partial charge in [0, 0.05) is 0 Å². The number of hydrogen-bond acceptors (Lipinski definition) is 2. The average Bonchev–Trinajstić information content (AvgIpc) is 2.66. The van der Waals surface area contributed by atoms with Crippen molar-refractivity contribution >= 4 is 26.2 Å². The highest BCUT2D eigenvalue weighted by Crippen LogP contribution is 2.42. The van der Waals surface area contributed by atoms with E-state index in [9.17, 15) is 8.42 Å². The van der Waals surface area contributed by atoms with Crippen LogP contribution in [0.25, 0.3) is 16.3 Å². The zero-order valence-corrected chi connectivity index (χ0v) is 11.9. The number of hydrogen-bond donors (Lipinski definition) is 0. The van der Waals surface area contributed by atoms with Gasteiger partial charge in [-0.25, -0.2) is 8.42 Å². The first-order valence-corrected chi connectivity index (χ1v) is 8.69. The van der Waals surface area contributed by atoms with Crippen LogP contribution in [0.1, 0.15) is 24.8 Å². The van der Waals surface area contributed by atoms with E-state index in [4.69, 9.17) is 0 Å². The molecular formula is C17H16O2S. The lowest BCUT2D eigenvalue weighted by atomic mass is 9.95. The standard InChI is InChI=1S/C17H16O2S/c18-20(19)14-8-9-15(20)11-13(10-14)17-7-3-5-12-4-1-2-6-16(12)17/h1-7,10,14-15H,8-9,11H2. The van der Waals surface area contributed by atoms with Gasteiger partial charge in [-0.3, -0.25) is 0 Å². The molecule has 2 atom stereocenters. The first-order valence-electron chi connectivity index (χ1n) is 7.08. The Labute approximate surface area is 119 Å². The Hall–Kier alpha value is -1.61. The van der Waals surface area contributed by atoms with Gasteiger partial charge in [-0.1, -0.05) is 48.5 Å². The molecule has 4 rings (SSSR count). The number of allylic oxidation sites excluding steroid dienone is 1. The minimum absolute atomic E-state index is 0.161. The summed E-state index contributed by atoms with van der Waals surface area (Å²) in [6, 6.07) is 14.6. The zero-order chi connectivity index (χ0) is 13.7. The van der Waals surface area contributed by atoms with Crippen LogP contribution in [0.3, 0.4) is 0 Å². The quantitative estimate of drug-likeness (QED) is 0.802. The number of benzene rings is 2. The van der Waals surface area contributed by atoms with Crippen LogP contribution in [0, 0.1) is 0 Å². The molecule has 0 aromatic heterocycles. The molecule has 2 aromatic carbocycles. The Morgan fingerprint density at radius 3 is 2.60 bits per heavy atom. The Morgan fingerprint density at radius 1 is 0.950 bits per heavy atom. The van der Waals surface area contributed by atoms with E-state index >= 15 is 0 Å². The van der Waals surface area contributed by atoms with E-state index < -0.39 is 9.84 Å². The number of rotatable bonds is 1. The minimum atomic E-state index is -2.90. The Balaban J connectivity index is 1.90. The van der Waals surface area contributed by atoms with Crippen LogP contribution < -0.4 is 0 Å². The summed E-state index contributed by atoms with van der Waals surface area (Å²) in [6.45, 7) is 0. The maximum Gasteiger partial charge on any atom is 0.159 e. The molecule has 2 aliphatic heterocycles. The van der Waals surface area contributed by atoms with Gasteiger partial charge >= 0.3 is 0 Å². The van der Waals surface area contributed by atoms with E-state index in [1.54, 1.807) is 0 Å². The topological polar surface area (TPSA) is 34.1 Å². The van der Waals surface area contributed by atoms with Crippen molar-refractivity contribution in [3.8, 4) is 0 Å². The molecule has 3 heteroatoms. The van der Waals surface area contributed by atoms with Gasteiger partial charge in [0.1, 0.15) is 0 Å². The molecule has 0 amide bonds. The third-order valence-electron chi connectivity index (χ3n) is 4.63. The minimum Gasteiger partial charge on any atom is -0.228 e. The van der Waals surface area contributed by atoms with Crippen LogP contribution in [0.5, 0.6) is 0 Å². The lowest BCUT2D eigenvalue weighted by molar-refractivity contribution is 0.585. The van der Waals surface area contributed by atoms with Crippen LogP contribution in [-0.2, 0) is 9.84 Å². The second-order valence-corrected chi connectivity index (χ2v) is 8.20. The third kappa shape index (κ3) is 1.66. The molecule has 2 heterocycles. The van der Waals surface area contributed by atoms with Gasteiger partial charge < -0.3 is 0 Å². The Bertz CT molecular complexity index is 813. The van der Waals surface area contributed by atoms with Crippen molar-refractivity contribution < 1.29 is 8.42 Å². The highest BCUT2D eigenvalue weighted by Gasteiger charge is 2.43. The predicted octanol–water partition coefficient (Wildman–Crippen LogP) is 3.57. The predicted molar refractivity (Wildman–Crippen MR) is 82.3 cm³/mol. The fraction of sp³-hybridized carbons (Fsp3) is 0.294. The molecule has 0 aliphatic carbocycles. The summed E-state index contributed by atoms with van der Waals surface area (Å²) in [7, 11) is -2.90. The van der Waals surface area contributed by atoms with Crippen molar-refractivity contribution in [1.29, 1.82) is 0 Å². The molecule has 0 spiro atoms.